The number of hydrogen-bond donors (Lipinski definition) is 1. The largest absolute Gasteiger partial charge is 0.463 e. The number of nitrogens with zero attached hydrogens (tertiary/aromatic N) is 1. The molecule has 2 aliphatic rings. The van der Waals surface area contributed by atoms with E-state index < -0.39 is 47.2 Å². The Morgan fingerprint density at radius 3 is 2.72 bits per heavy atom. The number of carbonyl (C=O) groups excluding carboxylic acids is 2. The molecule has 0 amide bonds. The number of aryl methyl sites for hydroxylation is 1. The lowest BCUT2D eigenvalue weighted by Crippen LogP contribution is -2.47. The van der Waals surface area contributed by atoms with Crippen LogP contribution < -0.4 is 11.2 Å². The van der Waals surface area contributed by atoms with E-state index in [-0.39, 0.29) is 13.2 Å². The van der Waals surface area contributed by atoms with Crippen molar-refractivity contribution in [1.82, 2.24) is 9.55 Å². The molecule has 0 aliphatic carbocycles. The summed E-state index contributed by atoms with van der Waals surface area (Å²) in [5.41, 5.74) is -2.09. The Labute approximate surface area is 141 Å². The van der Waals surface area contributed by atoms with Crippen LogP contribution in [-0.2, 0) is 28.5 Å². The predicted octanol–water partition coefficient (Wildman–Crippen LogP) is -0.994. The molecule has 4 atom stereocenters. The summed E-state index contributed by atoms with van der Waals surface area (Å²) in [4.78, 5) is 48.5. The molecule has 2 saturated heterocycles. The monoisotopic (exact) mass is 354 g/mol. The van der Waals surface area contributed by atoms with Crippen molar-refractivity contribution in [1.29, 1.82) is 0 Å². The summed E-state index contributed by atoms with van der Waals surface area (Å²) in [6.45, 7) is 3.87. The Kier molecular flexibility index (Phi) is 4.25. The molecular formula is C15H18N2O8. The highest BCUT2D eigenvalue weighted by atomic mass is 16.7. The van der Waals surface area contributed by atoms with E-state index in [2.05, 4.69) is 4.98 Å². The minimum absolute atomic E-state index is 0.0382. The van der Waals surface area contributed by atoms with Crippen molar-refractivity contribution >= 4 is 11.9 Å². The van der Waals surface area contributed by atoms with Crippen LogP contribution in [-0.4, -0.2) is 52.5 Å². The minimum Gasteiger partial charge on any atom is -0.463 e. The van der Waals surface area contributed by atoms with Crippen LogP contribution in [0.4, 0.5) is 0 Å². The third kappa shape index (κ3) is 2.98. The molecule has 136 valence electrons. The second-order valence-corrected chi connectivity index (χ2v) is 6.14. The molecule has 1 N–H and O–H groups in total. The maximum Gasteiger partial charge on any atom is 0.330 e. The summed E-state index contributed by atoms with van der Waals surface area (Å²) in [6, 6.07) is 0. The second kappa shape index (κ2) is 6.12. The van der Waals surface area contributed by atoms with E-state index in [4.69, 9.17) is 18.9 Å². The Hall–Kier alpha value is -2.46. The first kappa shape index (κ1) is 17.4. The lowest BCUT2D eigenvalue weighted by atomic mass is 10.00. The van der Waals surface area contributed by atoms with Crippen molar-refractivity contribution in [2.45, 2.75) is 44.8 Å². The number of aromatic nitrogens is 2. The molecule has 0 saturated carbocycles. The minimum atomic E-state index is -1.21. The summed E-state index contributed by atoms with van der Waals surface area (Å²) in [7, 11) is 0. The first-order valence-corrected chi connectivity index (χ1v) is 7.65. The highest BCUT2D eigenvalue weighted by molar-refractivity contribution is 5.67. The van der Waals surface area contributed by atoms with Crippen LogP contribution in [0.3, 0.4) is 0 Å². The van der Waals surface area contributed by atoms with Gasteiger partial charge in [0.15, 0.2) is 17.9 Å². The highest BCUT2D eigenvalue weighted by Gasteiger charge is 2.65. The average molecular weight is 354 g/mol. The number of rotatable bonds is 4. The van der Waals surface area contributed by atoms with E-state index in [1.165, 1.54) is 24.6 Å². The molecule has 3 heterocycles. The van der Waals surface area contributed by atoms with Gasteiger partial charge >= 0.3 is 17.6 Å². The molecule has 3 rings (SSSR count). The zero-order valence-corrected chi connectivity index (χ0v) is 13.9. The highest BCUT2D eigenvalue weighted by Crippen LogP contribution is 2.46. The Balaban J connectivity index is 1.98. The molecule has 2 bridgehead atoms. The number of H-pyrrole nitrogens is 1. The topological polar surface area (TPSA) is 126 Å². The number of fused-ring (bicyclic) bond motifs is 2. The predicted molar refractivity (Wildman–Crippen MR) is 80.8 cm³/mol. The van der Waals surface area contributed by atoms with Gasteiger partial charge in [-0.25, -0.2) is 4.79 Å². The van der Waals surface area contributed by atoms with Crippen molar-refractivity contribution in [3.8, 4) is 0 Å². The molecule has 2 aliphatic heterocycles. The maximum absolute atomic E-state index is 12.1. The lowest BCUT2D eigenvalue weighted by Gasteiger charge is -2.30. The average Bonchev–Trinajstić information content (AvgIpc) is 3.00. The Morgan fingerprint density at radius 1 is 1.36 bits per heavy atom. The van der Waals surface area contributed by atoms with Gasteiger partial charge in [0.25, 0.3) is 5.56 Å². The number of esters is 2. The van der Waals surface area contributed by atoms with Gasteiger partial charge in [-0.1, -0.05) is 0 Å². The Morgan fingerprint density at radius 2 is 2.08 bits per heavy atom. The second-order valence-electron chi connectivity index (χ2n) is 6.14. The third-order valence-corrected chi connectivity index (χ3v) is 4.21. The van der Waals surface area contributed by atoms with E-state index in [1.54, 1.807) is 6.92 Å². The molecular weight excluding hydrogens is 336 g/mol. The van der Waals surface area contributed by atoms with Crippen molar-refractivity contribution < 1.29 is 28.5 Å². The van der Waals surface area contributed by atoms with Crippen LogP contribution in [0.5, 0.6) is 0 Å². The van der Waals surface area contributed by atoms with Crippen LogP contribution >= 0.6 is 0 Å². The smallest absolute Gasteiger partial charge is 0.330 e. The van der Waals surface area contributed by atoms with E-state index in [9.17, 15) is 19.2 Å². The molecule has 0 spiro atoms. The summed E-state index contributed by atoms with van der Waals surface area (Å²) in [5.74, 6) is -1.08. The molecule has 10 heteroatoms. The normalized spacial score (nSPS) is 30.3. The van der Waals surface area contributed by atoms with Crippen molar-refractivity contribution in [3.05, 3.63) is 32.6 Å². The van der Waals surface area contributed by atoms with Crippen molar-refractivity contribution in [2.24, 2.45) is 0 Å². The van der Waals surface area contributed by atoms with Crippen LogP contribution in [0.1, 0.15) is 25.6 Å². The molecule has 2 fully saturated rings. The quantitative estimate of drug-likeness (QED) is 0.683. The summed E-state index contributed by atoms with van der Waals surface area (Å²) < 4.78 is 23.1. The van der Waals surface area contributed by atoms with Gasteiger partial charge in [-0.05, 0) is 6.92 Å². The first-order chi connectivity index (χ1) is 11.7. The maximum atomic E-state index is 12.1. The molecule has 0 aromatic carbocycles. The van der Waals surface area contributed by atoms with Gasteiger partial charge in [0.05, 0.1) is 6.61 Å². The number of ether oxygens (including phenoxy) is 4. The fourth-order valence-corrected chi connectivity index (χ4v) is 3.07. The molecule has 0 unspecified atom stereocenters. The van der Waals surface area contributed by atoms with Crippen LogP contribution in [0.2, 0.25) is 0 Å². The standard InChI is InChI=1S/C15H18N2O8/c1-7-4-17(14(21)16-12(7)20)13-10-11(24-9(3)19)15(25-13,6-23-10)5-22-8(2)18/h4,10-11,13H,5-6H2,1-3H3,(H,16,20,21)/t10-,11+,13-,15-/m1/s1. The molecule has 0 radical (unpaired) electrons. The summed E-state index contributed by atoms with van der Waals surface area (Å²) in [6.07, 6.45) is -1.21. The van der Waals surface area contributed by atoms with Gasteiger partial charge in [0.1, 0.15) is 12.7 Å². The Bertz CT molecular complexity index is 828. The fraction of sp³-hybridized carbons (Fsp3) is 0.600. The van der Waals surface area contributed by atoms with Gasteiger partial charge in [-0.15, -0.1) is 0 Å². The van der Waals surface area contributed by atoms with Crippen molar-refractivity contribution in [3.63, 3.8) is 0 Å². The van der Waals surface area contributed by atoms with E-state index in [0.717, 1.165) is 0 Å². The summed E-state index contributed by atoms with van der Waals surface area (Å²) in [5, 5.41) is 0. The van der Waals surface area contributed by atoms with E-state index in [1.807, 2.05) is 0 Å². The van der Waals surface area contributed by atoms with E-state index in [0.29, 0.717) is 5.56 Å². The van der Waals surface area contributed by atoms with Gasteiger partial charge in [-0.3, -0.25) is 23.9 Å². The van der Waals surface area contributed by atoms with E-state index >= 15 is 0 Å². The zero-order valence-electron chi connectivity index (χ0n) is 13.9. The van der Waals surface area contributed by atoms with Gasteiger partial charge in [0.2, 0.25) is 0 Å². The van der Waals surface area contributed by atoms with Gasteiger partial charge < -0.3 is 18.9 Å². The lowest BCUT2D eigenvalue weighted by molar-refractivity contribution is -0.198. The SMILES string of the molecule is CC(=O)OC[C@]12CO[C@@H]([C@H](n3cc(C)c(=O)[nH]c3=O)O1)[C@@H]2OC(C)=O. The summed E-state index contributed by atoms with van der Waals surface area (Å²) >= 11 is 0. The number of carbonyl (C=O) groups is 2. The molecule has 1 aromatic rings. The van der Waals surface area contributed by atoms with Gasteiger partial charge in [-0.2, -0.15) is 0 Å². The fourth-order valence-electron chi connectivity index (χ4n) is 3.07. The van der Waals surface area contributed by atoms with Crippen LogP contribution in [0.15, 0.2) is 15.8 Å². The molecule has 25 heavy (non-hydrogen) atoms. The number of aromatic amines is 1. The molecule has 10 nitrogen and oxygen atoms in total. The molecule has 1 aromatic heterocycles. The third-order valence-electron chi connectivity index (χ3n) is 4.21. The van der Waals surface area contributed by atoms with Crippen molar-refractivity contribution in [2.75, 3.05) is 13.2 Å². The van der Waals surface area contributed by atoms with Crippen LogP contribution in [0.25, 0.3) is 0 Å². The first-order valence-electron chi connectivity index (χ1n) is 7.65. The van der Waals surface area contributed by atoms with Gasteiger partial charge in [0, 0.05) is 25.6 Å². The number of nitrogens with one attached hydrogen (secondary N) is 1. The zero-order chi connectivity index (χ0) is 18.4. The van der Waals surface area contributed by atoms with Crippen LogP contribution in [0, 0.1) is 6.92 Å². The number of hydrogen-bond acceptors (Lipinski definition) is 8.